The van der Waals surface area contributed by atoms with Gasteiger partial charge in [-0.1, -0.05) is 0 Å². The number of hydrogen-bond acceptors (Lipinski definition) is 2. The molecule has 293 valence electrons. The van der Waals surface area contributed by atoms with Crippen LogP contribution in [0.15, 0.2) is 54.6 Å². The maximum absolute atomic E-state index is 9.62. The van der Waals surface area contributed by atoms with E-state index < -0.39 is 15.8 Å². The topological polar surface area (TPSA) is 6.48 Å². The first-order valence-electron chi connectivity index (χ1n) is 21.2. The van der Waals surface area contributed by atoms with Gasteiger partial charge in [-0.3, -0.25) is 0 Å². The molecule has 3 aliphatic carbocycles. The molecule has 3 aromatic carbocycles. The Kier molecular flexibility index (Phi) is 12.2. The van der Waals surface area contributed by atoms with E-state index in [-0.39, 0.29) is 0 Å². The molecule has 0 radical (unpaired) electrons. The summed E-state index contributed by atoms with van der Waals surface area (Å²) in [5.74, 6) is 0. The molecule has 53 heavy (non-hydrogen) atoms. The summed E-state index contributed by atoms with van der Waals surface area (Å²) in [5, 5.41) is 0. The Labute approximate surface area is 331 Å². The van der Waals surface area contributed by atoms with Gasteiger partial charge in [-0.2, -0.15) is 0 Å². The van der Waals surface area contributed by atoms with E-state index in [0.29, 0.717) is 17.0 Å². The summed E-state index contributed by atoms with van der Waals surface area (Å²) in [6.07, 6.45) is 21.2. The van der Waals surface area contributed by atoms with Gasteiger partial charge in [0.2, 0.25) is 0 Å². The van der Waals surface area contributed by atoms with E-state index >= 15 is 0 Å². The summed E-state index contributed by atoms with van der Waals surface area (Å²) >= 11 is 0. The van der Waals surface area contributed by atoms with E-state index in [0.717, 1.165) is 19.5 Å². The number of nitrogens with zero attached hydrogens (tertiary/aromatic N) is 2. The van der Waals surface area contributed by atoms with Crippen LogP contribution in [0.2, 0.25) is 0 Å². The van der Waals surface area contributed by atoms with Crippen molar-refractivity contribution in [2.24, 2.45) is 0 Å². The van der Waals surface area contributed by atoms with Crippen molar-refractivity contribution in [3.63, 3.8) is 0 Å². The van der Waals surface area contributed by atoms with E-state index in [1.807, 2.05) is 0 Å². The zero-order chi connectivity index (χ0) is 37.4. The van der Waals surface area contributed by atoms with Gasteiger partial charge in [-0.25, -0.2) is 0 Å². The van der Waals surface area contributed by atoms with Crippen molar-refractivity contribution >= 4 is 45.3 Å². The van der Waals surface area contributed by atoms with Gasteiger partial charge in [0.05, 0.1) is 0 Å². The molecule has 0 amide bonds. The van der Waals surface area contributed by atoms with Crippen LogP contribution < -0.4 is 9.80 Å². The van der Waals surface area contributed by atoms with Crippen molar-refractivity contribution in [2.75, 3.05) is 22.9 Å². The third kappa shape index (κ3) is 7.24. The third-order valence-electron chi connectivity index (χ3n) is 13.6. The maximum atomic E-state index is 9.62. The van der Waals surface area contributed by atoms with Crippen molar-refractivity contribution in [1.29, 1.82) is 0 Å². The number of rotatable bonds is 7. The van der Waals surface area contributed by atoms with Crippen molar-refractivity contribution in [1.82, 2.24) is 0 Å². The van der Waals surface area contributed by atoms with Gasteiger partial charge in [0.25, 0.3) is 0 Å². The van der Waals surface area contributed by atoms with Crippen molar-refractivity contribution in [2.45, 2.75) is 161 Å². The molecule has 0 N–H and O–H groups in total. The van der Waals surface area contributed by atoms with Crippen molar-refractivity contribution in [3.05, 3.63) is 93.5 Å². The molecule has 1 heterocycles. The fourth-order valence-corrected chi connectivity index (χ4v) is 59.8. The Balaban J connectivity index is 1.74. The molecule has 0 bridgehead atoms. The summed E-state index contributed by atoms with van der Waals surface area (Å²) in [6.45, 7) is 15.8. The molecule has 3 aromatic rings. The third-order valence-corrected chi connectivity index (χ3v) is 50.7. The summed E-state index contributed by atoms with van der Waals surface area (Å²) in [5.41, 5.74) is 11.3. The summed E-state index contributed by atoms with van der Waals surface area (Å²) < 4.78 is 4.02. The van der Waals surface area contributed by atoms with Gasteiger partial charge in [0, 0.05) is 0 Å². The van der Waals surface area contributed by atoms with Crippen LogP contribution >= 0.6 is 25.0 Å². The molecule has 6 heteroatoms. The Morgan fingerprint density at radius 3 is 1.25 bits per heavy atom. The van der Waals surface area contributed by atoms with Gasteiger partial charge in [-0.05, 0) is 0 Å². The number of halogens is 2. The second-order valence-corrected chi connectivity index (χ2v) is 45.5. The Morgan fingerprint density at radius 2 is 0.887 bits per heavy atom. The van der Waals surface area contributed by atoms with Gasteiger partial charge in [0.15, 0.2) is 0 Å². The van der Waals surface area contributed by atoms with E-state index in [2.05, 4.69) is 111 Å². The van der Waals surface area contributed by atoms with Gasteiger partial charge in [0.1, 0.15) is 0 Å². The van der Waals surface area contributed by atoms with Gasteiger partial charge < -0.3 is 0 Å². The van der Waals surface area contributed by atoms with E-state index in [4.69, 9.17) is 0 Å². The number of hydrogen-bond donors (Lipinski definition) is 0. The average Bonchev–Trinajstić information content (AvgIpc) is 3.13. The molecular formula is C47H68Cl2N2PRu. The predicted octanol–water partition coefficient (Wildman–Crippen LogP) is 13.9. The molecule has 2 nitrogen and oxygen atoms in total. The van der Waals surface area contributed by atoms with Crippen LogP contribution in [0.1, 0.15) is 142 Å². The zero-order valence-electron chi connectivity index (χ0n) is 33.7. The molecule has 0 atom stereocenters. The SMILES string of the molecule is Cc1cc(C)c(N2CCCN(c3c(C)cc(C)cc3C)[C]2=[Ru]([Cl])([Cl])(=[CH]c2ccccc2)[PH](C2CCCCC2)(C2CCCCC2)C2CCCCC2)c(C)c1. The predicted molar refractivity (Wildman–Crippen MR) is 238 cm³/mol. The molecule has 7 rings (SSSR count). The van der Waals surface area contributed by atoms with Crippen LogP contribution in [0.5, 0.6) is 0 Å². The molecule has 1 saturated heterocycles. The fourth-order valence-electron chi connectivity index (χ4n) is 12.1. The molecule has 1 aliphatic heterocycles. The first-order valence-corrected chi connectivity index (χ1v) is 32.2. The van der Waals surface area contributed by atoms with Crippen LogP contribution in [0.4, 0.5) is 11.4 Å². The number of anilines is 2. The fraction of sp³-hybridized carbons (Fsp3) is 0.574. The summed E-state index contributed by atoms with van der Waals surface area (Å²) in [7, 11) is 14.3. The summed E-state index contributed by atoms with van der Waals surface area (Å²) in [4.78, 5) is 5.54. The second kappa shape index (κ2) is 16.2. The Hall–Kier alpha value is -1.37. The van der Waals surface area contributed by atoms with E-state index in [9.17, 15) is 19.4 Å². The molecular weight excluding hydrogens is 795 g/mol. The van der Waals surface area contributed by atoms with E-state index in [1.54, 1.807) is 0 Å². The van der Waals surface area contributed by atoms with Crippen LogP contribution in [-0.2, 0) is 10.2 Å². The normalized spacial score (nSPS) is 21.4. The van der Waals surface area contributed by atoms with Crippen LogP contribution in [0.25, 0.3) is 0 Å². The Morgan fingerprint density at radius 1 is 0.528 bits per heavy atom. The summed E-state index contributed by atoms with van der Waals surface area (Å²) in [6, 6.07) is 20.9. The van der Waals surface area contributed by atoms with Gasteiger partial charge >= 0.3 is 333 Å². The quantitative estimate of drug-likeness (QED) is 0.172. The monoisotopic (exact) mass is 863 g/mol. The van der Waals surface area contributed by atoms with Crippen molar-refractivity contribution in [3.8, 4) is 0 Å². The second-order valence-electron chi connectivity index (χ2n) is 17.5. The number of aryl methyl sites for hydroxylation is 6. The molecule has 0 spiro atoms. The first-order chi connectivity index (χ1) is 25.4. The van der Waals surface area contributed by atoms with Gasteiger partial charge in [-0.15, -0.1) is 0 Å². The minimum atomic E-state index is -4.94. The first kappa shape index (κ1) is 39.9. The number of benzene rings is 3. The minimum absolute atomic E-state index is 0.668. The standard InChI is InChI=1S/C22H28N2.C18H33P.C7H6.2ClH.Ru/c1-15-10-17(3)21(18(4)11-15)23-8-7-9-24(14-23)22-19(5)12-16(2)13-20(22)6;1-4-10-16(11-5-1)19(17-12-6-2-7-13-17)18-14-8-3-9-15-18;1-7-5-3-2-4-6-7;;;/h10-13H,7-9H2,1-6H3;16-18H,1-15H2;1-6H;2*1H;/q;;;;;+1/p-1. The van der Waals surface area contributed by atoms with Crippen LogP contribution in [-0.4, -0.2) is 39.0 Å². The zero-order valence-corrected chi connectivity index (χ0v) is 38.0. The van der Waals surface area contributed by atoms with Crippen molar-refractivity contribution < 1.29 is 10.2 Å². The molecule has 4 fully saturated rings. The molecule has 3 saturated carbocycles. The molecule has 0 unspecified atom stereocenters. The van der Waals surface area contributed by atoms with Crippen LogP contribution in [0.3, 0.4) is 0 Å². The van der Waals surface area contributed by atoms with E-state index in [1.165, 1.54) is 151 Å². The average molecular weight is 864 g/mol. The molecule has 0 aromatic heterocycles. The van der Waals surface area contributed by atoms with Crippen LogP contribution in [0, 0.1) is 41.5 Å². The Bertz CT molecular complexity index is 1770. The molecule has 4 aliphatic rings.